The Morgan fingerprint density at radius 2 is 2.03 bits per heavy atom. The number of aryl methyl sites for hydroxylation is 1. The molecule has 2 atom stereocenters. The second-order valence-corrected chi connectivity index (χ2v) is 9.39. The highest BCUT2D eigenvalue weighted by atomic mass is 16.6. The van der Waals surface area contributed by atoms with Crippen molar-refractivity contribution in [2.45, 2.75) is 51.7 Å². The van der Waals surface area contributed by atoms with Crippen molar-refractivity contribution in [3.05, 3.63) is 47.3 Å². The summed E-state index contributed by atoms with van der Waals surface area (Å²) in [7, 11) is 0. The first-order valence-corrected chi connectivity index (χ1v) is 11.2. The lowest BCUT2D eigenvalue weighted by Crippen LogP contribution is -2.38. The second kappa shape index (κ2) is 9.28. The minimum Gasteiger partial charge on any atom is -0.444 e. The summed E-state index contributed by atoms with van der Waals surface area (Å²) in [5.74, 6) is -1.38. The van der Waals surface area contributed by atoms with Gasteiger partial charge in [0, 0.05) is 17.3 Å². The normalized spacial score (nSPS) is 20.4. The van der Waals surface area contributed by atoms with Gasteiger partial charge >= 0.3 is 12.2 Å². The summed E-state index contributed by atoms with van der Waals surface area (Å²) in [6, 6.07) is 6.57. The topological polar surface area (TPSA) is 128 Å². The van der Waals surface area contributed by atoms with E-state index in [0.29, 0.717) is 30.5 Å². The summed E-state index contributed by atoms with van der Waals surface area (Å²) in [5, 5.41) is 6.16. The van der Waals surface area contributed by atoms with Crippen molar-refractivity contribution >= 4 is 29.4 Å². The summed E-state index contributed by atoms with van der Waals surface area (Å²) in [6.07, 6.45) is 1.37. The van der Waals surface area contributed by atoms with Gasteiger partial charge in [-0.05, 0) is 63.8 Å². The SMILES string of the molecule is CC(C)(C)OC(=O)NC[C@H]1CN(c2ccc3c(c2)CCCC(C(=O)c2ccno2)C3=O)C(=O)O1. The molecule has 0 saturated carbocycles. The summed E-state index contributed by atoms with van der Waals surface area (Å²) < 4.78 is 15.5. The van der Waals surface area contributed by atoms with Crippen LogP contribution in [0.4, 0.5) is 15.3 Å². The molecule has 4 rings (SSSR count). The van der Waals surface area contributed by atoms with Crippen LogP contribution in [0.1, 0.15) is 60.1 Å². The van der Waals surface area contributed by atoms with Gasteiger partial charge in [-0.2, -0.15) is 0 Å². The number of Topliss-reactive ketones (excluding diaryl/α,β-unsaturated/α-hetero) is 2. The molecule has 0 spiro atoms. The molecule has 0 bridgehead atoms. The number of ether oxygens (including phenoxy) is 2. The predicted molar refractivity (Wildman–Crippen MR) is 120 cm³/mol. The number of fused-ring (bicyclic) bond motifs is 1. The molecule has 34 heavy (non-hydrogen) atoms. The molecule has 0 radical (unpaired) electrons. The van der Waals surface area contributed by atoms with E-state index < -0.39 is 29.8 Å². The molecule has 1 unspecified atom stereocenters. The zero-order valence-electron chi connectivity index (χ0n) is 19.3. The van der Waals surface area contributed by atoms with E-state index in [9.17, 15) is 19.2 Å². The monoisotopic (exact) mass is 469 g/mol. The van der Waals surface area contributed by atoms with E-state index in [1.54, 1.807) is 39.0 Å². The van der Waals surface area contributed by atoms with Crippen LogP contribution < -0.4 is 10.2 Å². The van der Waals surface area contributed by atoms with Crippen LogP contribution >= 0.6 is 0 Å². The molecule has 10 nitrogen and oxygen atoms in total. The van der Waals surface area contributed by atoms with Crippen LogP contribution in [0.15, 0.2) is 35.0 Å². The third-order valence-electron chi connectivity index (χ3n) is 5.67. The Morgan fingerprint density at radius 1 is 1.24 bits per heavy atom. The first kappa shape index (κ1) is 23.5. The molecule has 1 N–H and O–H groups in total. The van der Waals surface area contributed by atoms with Gasteiger partial charge < -0.3 is 19.3 Å². The van der Waals surface area contributed by atoms with Gasteiger partial charge in [0.15, 0.2) is 5.78 Å². The molecular weight excluding hydrogens is 442 g/mol. The van der Waals surface area contributed by atoms with Crippen LogP contribution in [0.2, 0.25) is 0 Å². The van der Waals surface area contributed by atoms with Gasteiger partial charge in [-0.25, -0.2) is 9.59 Å². The highest BCUT2D eigenvalue weighted by Gasteiger charge is 2.36. The molecule has 1 fully saturated rings. The van der Waals surface area contributed by atoms with Gasteiger partial charge in [0.05, 0.1) is 25.2 Å². The van der Waals surface area contributed by atoms with E-state index in [0.717, 1.165) is 5.56 Å². The number of cyclic esters (lactones) is 1. The maximum absolute atomic E-state index is 13.1. The third kappa shape index (κ3) is 5.11. The number of hydrogen-bond acceptors (Lipinski definition) is 8. The molecular formula is C24H27N3O7. The summed E-state index contributed by atoms with van der Waals surface area (Å²) >= 11 is 0. The second-order valence-electron chi connectivity index (χ2n) is 9.39. The molecule has 1 saturated heterocycles. The van der Waals surface area contributed by atoms with Crippen molar-refractivity contribution in [2.24, 2.45) is 5.92 Å². The van der Waals surface area contributed by atoms with Gasteiger partial charge in [-0.15, -0.1) is 0 Å². The number of aromatic nitrogens is 1. The number of ketones is 2. The zero-order valence-corrected chi connectivity index (χ0v) is 19.3. The number of nitrogens with zero attached hydrogens (tertiary/aromatic N) is 2. The molecule has 1 aliphatic heterocycles. The number of benzene rings is 1. The van der Waals surface area contributed by atoms with Gasteiger partial charge in [0.25, 0.3) is 0 Å². The largest absolute Gasteiger partial charge is 0.444 e. The molecule has 180 valence electrons. The Balaban J connectivity index is 1.44. The minimum absolute atomic E-state index is 0.0734. The van der Waals surface area contributed by atoms with Crippen molar-refractivity contribution in [2.75, 3.05) is 18.0 Å². The maximum Gasteiger partial charge on any atom is 0.414 e. The molecule has 1 aromatic heterocycles. The van der Waals surface area contributed by atoms with E-state index in [1.807, 2.05) is 0 Å². The number of hydrogen-bond donors (Lipinski definition) is 1. The van der Waals surface area contributed by atoms with E-state index in [4.69, 9.17) is 14.0 Å². The first-order chi connectivity index (χ1) is 16.1. The van der Waals surface area contributed by atoms with Gasteiger partial charge in [-0.3, -0.25) is 14.5 Å². The fraction of sp³-hybridized carbons (Fsp3) is 0.458. The fourth-order valence-corrected chi connectivity index (χ4v) is 4.13. The Hall–Kier alpha value is -3.69. The number of carbonyl (C=O) groups is 4. The highest BCUT2D eigenvalue weighted by Crippen LogP contribution is 2.31. The highest BCUT2D eigenvalue weighted by molar-refractivity contribution is 6.16. The van der Waals surface area contributed by atoms with Crippen molar-refractivity contribution in [1.29, 1.82) is 0 Å². The molecule has 1 aromatic carbocycles. The number of anilines is 1. The number of rotatable bonds is 5. The average molecular weight is 469 g/mol. The van der Waals surface area contributed by atoms with Gasteiger partial charge in [0.1, 0.15) is 11.7 Å². The molecule has 2 heterocycles. The van der Waals surface area contributed by atoms with Crippen LogP contribution in [0.5, 0.6) is 0 Å². The van der Waals surface area contributed by atoms with Crippen LogP contribution in [0.3, 0.4) is 0 Å². The van der Waals surface area contributed by atoms with E-state index in [-0.39, 0.29) is 30.4 Å². The fourth-order valence-electron chi connectivity index (χ4n) is 4.13. The molecule has 2 aromatic rings. The van der Waals surface area contributed by atoms with Crippen LogP contribution in [0, 0.1) is 5.92 Å². The maximum atomic E-state index is 13.1. The van der Waals surface area contributed by atoms with Crippen LogP contribution in [0.25, 0.3) is 0 Å². The lowest BCUT2D eigenvalue weighted by atomic mass is 9.90. The Morgan fingerprint density at radius 3 is 2.74 bits per heavy atom. The number of amides is 2. The molecule has 2 aliphatic rings. The zero-order chi connectivity index (χ0) is 24.5. The Kier molecular flexibility index (Phi) is 6.41. The van der Waals surface area contributed by atoms with E-state index in [1.165, 1.54) is 17.2 Å². The minimum atomic E-state index is -0.819. The van der Waals surface area contributed by atoms with E-state index >= 15 is 0 Å². The average Bonchev–Trinajstić information content (AvgIpc) is 3.40. The van der Waals surface area contributed by atoms with Gasteiger partial charge in [0.2, 0.25) is 11.5 Å². The lowest BCUT2D eigenvalue weighted by molar-refractivity contribution is 0.0496. The predicted octanol–water partition coefficient (Wildman–Crippen LogP) is 3.54. The number of alkyl carbamates (subject to hydrolysis) is 1. The number of carbonyl (C=O) groups excluding carboxylic acids is 4. The Labute approximate surface area is 196 Å². The molecule has 2 amide bonds. The van der Waals surface area contributed by atoms with E-state index in [2.05, 4.69) is 10.5 Å². The quantitative estimate of drug-likeness (QED) is 0.400. The van der Waals surface area contributed by atoms with Crippen molar-refractivity contribution in [3.63, 3.8) is 0 Å². The lowest BCUT2D eigenvalue weighted by Gasteiger charge is -2.20. The smallest absolute Gasteiger partial charge is 0.414 e. The molecule has 10 heteroatoms. The van der Waals surface area contributed by atoms with Crippen LogP contribution in [-0.2, 0) is 15.9 Å². The summed E-state index contributed by atoms with van der Waals surface area (Å²) in [6.45, 7) is 5.65. The number of nitrogens with one attached hydrogen (secondary N) is 1. The standard InChI is InChI=1S/C24H27N3O7/c1-24(2,3)33-22(30)25-12-16-13-27(23(31)32-16)15-7-8-17-14(11-15)5-4-6-18(20(17)28)21(29)19-9-10-26-34-19/h7-11,16,18H,4-6,12-13H2,1-3H3,(H,25,30)/t16-,18?/m0/s1. The van der Waals surface area contributed by atoms with Crippen molar-refractivity contribution < 1.29 is 33.2 Å². The van der Waals surface area contributed by atoms with Crippen molar-refractivity contribution in [3.8, 4) is 0 Å². The van der Waals surface area contributed by atoms with Crippen LogP contribution in [-0.4, -0.2) is 53.7 Å². The molecule has 1 aliphatic carbocycles. The summed E-state index contributed by atoms with van der Waals surface area (Å²) in [5.41, 5.74) is 1.21. The summed E-state index contributed by atoms with van der Waals surface area (Å²) in [4.78, 5) is 51.6. The van der Waals surface area contributed by atoms with Crippen molar-refractivity contribution in [1.82, 2.24) is 10.5 Å². The first-order valence-electron chi connectivity index (χ1n) is 11.2. The Bertz CT molecular complexity index is 1100. The third-order valence-corrected chi connectivity index (χ3v) is 5.67. The van der Waals surface area contributed by atoms with Gasteiger partial charge in [-0.1, -0.05) is 5.16 Å².